The van der Waals surface area contributed by atoms with E-state index < -0.39 is 0 Å². The summed E-state index contributed by atoms with van der Waals surface area (Å²) in [6.07, 6.45) is 9.81. The number of nitrogens with one attached hydrogen (secondary N) is 1. The van der Waals surface area contributed by atoms with Crippen LogP contribution < -0.4 is 5.32 Å². The predicted molar refractivity (Wildman–Crippen MR) is 132 cm³/mol. The number of nitrogens with zero attached hydrogens (tertiary/aromatic N) is 4. The molecule has 170 valence electrons. The summed E-state index contributed by atoms with van der Waals surface area (Å²) in [5.41, 5.74) is 5.60. The number of hydrogen-bond acceptors (Lipinski definition) is 4. The molecule has 1 N–H and O–H groups in total. The van der Waals surface area contributed by atoms with Gasteiger partial charge in [0.05, 0.1) is 12.1 Å². The van der Waals surface area contributed by atoms with Gasteiger partial charge < -0.3 is 10.2 Å². The van der Waals surface area contributed by atoms with Gasteiger partial charge in [0.15, 0.2) is 0 Å². The van der Waals surface area contributed by atoms with Crippen molar-refractivity contribution in [1.29, 1.82) is 0 Å². The largest absolute Gasteiger partial charge is 0.361 e. The van der Waals surface area contributed by atoms with Gasteiger partial charge in [0.25, 0.3) is 5.91 Å². The average Bonchev–Trinajstić information content (AvgIpc) is 3.56. The Balaban J connectivity index is 1.47. The van der Waals surface area contributed by atoms with Crippen LogP contribution in [0.5, 0.6) is 0 Å². The van der Waals surface area contributed by atoms with Crippen molar-refractivity contribution < 1.29 is 4.79 Å². The summed E-state index contributed by atoms with van der Waals surface area (Å²) >= 11 is 0. The molecule has 1 saturated carbocycles. The number of rotatable bonds is 5. The third kappa shape index (κ3) is 3.75. The van der Waals surface area contributed by atoms with Gasteiger partial charge in [0.1, 0.15) is 11.9 Å². The number of amides is 1. The maximum Gasteiger partial charge on any atom is 0.258 e. The van der Waals surface area contributed by atoms with E-state index >= 15 is 0 Å². The summed E-state index contributed by atoms with van der Waals surface area (Å²) < 4.78 is 1.98. The Bertz CT molecular complexity index is 1290. The molecule has 3 heterocycles. The Hall–Kier alpha value is -3.93. The lowest BCUT2D eigenvalue weighted by Crippen LogP contribution is -2.47. The Morgan fingerprint density at radius 3 is 2.53 bits per heavy atom. The molecular formula is C28H27N5O. The van der Waals surface area contributed by atoms with Gasteiger partial charge in [0, 0.05) is 41.4 Å². The number of benzene rings is 2. The lowest BCUT2D eigenvalue weighted by molar-refractivity contribution is 0.0585. The van der Waals surface area contributed by atoms with E-state index in [1.54, 1.807) is 6.20 Å². The van der Waals surface area contributed by atoms with Crippen LogP contribution in [0.15, 0.2) is 85.3 Å². The fourth-order valence-electron chi connectivity index (χ4n) is 5.27. The molecule has 1 aliphatic carbocycles. The minimum atomic E-state index is -0.287. The third-order valence-electron chi connectivity index (χ3n) is 6.89. The first-order chi connectivity index (χ1) is 16.8. The summed E-state index contributed by atoms with van der Waals surface area (Å²) in [6, 6.07) is 22.3. The van der Waals surface area contributed by atoms with Crippen molar-refractivity contribution in [2.24, 2.45) is 0 Å². The van der Waals surface area contributed by atoms with Crippen molar-refractivity contribution in [3.63, 3.8) is 0 Å². The first kappa shape index (κ1) is 20.7. The topological polar surface area (TPSA) is 63.1 Å². The van der Waals surface area contributed by atoms with Crippen LogP contribution in [-0.4, -0.2) is 31.6 Å². The average molecular weight is 450 g/mol. The van der Waals surface area contributed by atoms with Crippen LogP contribution in [0.1, 0.15) is 53.3 Å². The number of carbonyl (C=O) groups is 1. The molecule has 0 unspecified atom stereocenters. The van der Waals surface area contributed by atoms with E-state index in [-0.39, 0.29) is 18.1 Å². The molecule has 4 aromatic rings. The van der Waals surface area contributed by atoms with Crippen LogP contribution in [-0.2, 0) is 6.54 Å². The normalized spacial score (nSPS) is 18.1. The van der Waals surface area contributed by atoms with Gasteiger partial charge in [0.2, 0.25) is 0 Å². The highest BCUT2D eigenvalue weighted by Gasteiger charge is 2.40. The number of carbonyl (C=O) groups excluding carboxylic acids is 1. The number of fused-ring (bicyclic) bond motifs is 1. The Morgan fingerprint density at radius 1 is 0.941 bits per heavy atom. The van der Waals surface area contributed by atoms with E-state index in [2.05, 4.69) is 33.5 Å². The zero-order valence-corrected chi connectivity index (χ0v) is 19.0. The standard InChI is InChI=1S/C28H27N5O/c34-28-23-14-6-7-15-25(23)30-27(33(28)22-12-4-5-13-22)24-19-32(18-20-9-2-1-3-10-20)31-26(24)21-11-8-16-29-17-21/h1-3,6-11,14-17,19,22,27,30H,4-5,12-13,18H2/t27-/m0/s1. The molecule has 0 bridgehead atoms. The first-order valence-corrected chi connectivity index (χ1v) is 12.0. The molecular weight excluding hydrogens is 422 g/mol. The SMILES string of the molecule is O=C1c2ccccc2N[C@H](c2cn(Cc3ccccc3)nc2-c2cccnc2)N1C1CCCC1. The van der Waals surface area contributed by atoms with E-state index in [4.69, 9.17) is 5.10 Å². The summed E-state index contributed by atoms with van der Waals surface area (Å²) in [6.45, 7) is 0.661. The molecule has 2 aromatic heterocycles. The quantitative estimate of drug-likeness (QED) is 0.437. The minimum absolute atomic E-state index is 0.0965. The molecule has 6 nitrogen and oxygen atoms in total. The van der Waals surface area contributed by atoms with E-state index in [1.165, 1.54) is 5.56 Å². The molecule has 2 aliphatic rings. The fraction of sp³-hybridized carbons (Fsp3) is 0.250. The highest BCUT2D eigenvalue weighted by Crippen LogP contribution is 2.41. The predicted octanol–water partition coefficient (Wildman–Crippen LogP) is 5.50. The van der Waals surface area contributed by atoms with Gasteiger partial charge in [-0.25, -0.2) is 0 Å². The van der Waals surface area contributed by atoms with Gasteiger partial charge in [-0.1, -0.05) is 55.3 Å². The van der Waals surface area contributed by atoms with Gasteiger partial charge in [-0.05, 0) is 42.7 Å². The van der Waals surface area contributed by atoms with E-state index in [0.29, 0.717) is 6.54 Å². The van der Waals surface area contributed by atoms with Crippen LogP contribution in [0.4, 0.5) is 5.69 Å². The molecule has 0 radical (unpaired) electrons. The monoisotopic (exact) mass is 449 g/mol. The van der Waals surface area contributed by atoms with Crippen molar-refractivity contribution in [3.05, 3.63) is 102 Å². The van der Waals surface area contributed by atoms with Gasteiger partial charge >= 0.3 is 0 Å². The smallest absolute Gasteiger partial charge is 0.258 e. The highest BCUT2D eigenvalue weighted by atomic mass is 16.2. The van der Waals surface area contributed by atoms with Crippen LogP contribution in [0.3, 0.4) is 0 Å². The van der Waals surface area contributed by atoms with Crippen LogP contribution in [0.25, 0.3) is 11.3 Å². The number of hydrogen-bond donors (Lipinski definition) is 1. The second-order valence-electron chi connectivity index (χ2n) is 9.10. The number of pyridine rings is 1. The van der Waals surface area contributed by atoms with E-state index in [9.17, 15) is 4.79 Å². The minimum Gasteiger partial charge on any atom is -0.361 e. The van der Waals surface area contributed by atoms with Gasteiger partial charge in [-0.15, -0.1) is 0 Å². The molecule has 0 spiro atoms. The zero-order valence-electron chi connectivity index (χ0n) is 19.0. The Morgan fingerprint density at radius 2 is 1.74 bits per heavy atom. The molecule has 1 aliphatic heterocycles. The zero-order chi connectivity index (χ0) is 22.9. The second-order valence-corrected chi connectivity index (χ2v) is 9.10. The van der Waals surface area contributed by atoms with E-state index in [0.717, 1.165) is 53.8 Å². The van der Waals surface area contributed by atoms with Crippen LogP contribution in [0.2, 0.25) is 0 Å². The van der Waals surface area contributed by atoms with Crippen molar-refractivity contribution in [1.82, 2.24) is 19.7 Å². The molecule has 1 atom stereocenters. The number of para-hydroxylation sites is 1. The van der Waals surface area contributed by atoms with Crippen molar-refractivity contribution in [2.45, 2.75) is 44.4 Å². The van der Waals surface area contributed by atoms with Crippen molar-refractivity contribution in [2.75, 3.05) is 5.32 Å². The Kier molecular flexibility index (Phi) is 5.34. The maximum absolute atomic E-state index is 13.8. The Labute approximate surface area is 199 Å². The molecule has 1 fully saturated rings. The van der Waals surface area contributed by atoms with Gasteiger partial charge in [-0.3, -0.25) is 14.5 Å². The van der Waals surface area contributed by atoms with Gasteiger partial charge in [-0.2, -0.15) is 5.10 Å². The highest BCUT2D eigenvalue weighted by molar-refractivity contribution is 6.02. The third-order valence-corrected chi connectivity index (χ3v) is 6.89. The van der Waals surface area contributed by atoms with Crippen molar-refractivity contribution in [3.8, 4) is 11.3 Å². The molecule has 1 amide bonds. The second kappa shape index (κ2) is 8.78. The van der Waals surface area contributed by atoms with Crippen LogP contribution in [0, 0.1) is 0 Å². The number of anilines is 1. The lowest BCUT2D eigenvalue weighted by atomic mass is 9.99. The number of aromatic nitrogens is 3. The molecule has 6 heteroatoms. The molecule has 6 rings (SSSR count). The van der Waals surface area contributed by atoms with Crippen molar-refractivity contribution >= 4 is 11.6 Å². The molecule has 0 saturated heterocycles. The maximum atomic E-state index is 13.8. The first-order valence-electron chi connectivity index (χ1n) is 12.0. The fourth-order valence-corrected chi connectivity index (χ4v) is 5.27. The summed E-state index contributed by atoms with van der Waals surface area (Å²) in [7, 11) is 0. The molecule has 2 aromatic carbocycles. The molecule has 34 heavy (non-hydrogen) atoms. The summed E-state index contributed by atoms with van der Waals surface area (Å²) in [5, 5.41) is 8.68. The van der Waals surface area contributed by atoms with Crippen LogP contribution >= 0.6 is 0 Å². The van der Waals surface area contributed by atoms with E-state index in [1.807, 2.05) is 65.5 Å². The summed E-state index contributed by atoms with van der Waals surface area (Å²) in [4.78, 5) is 20.2. The summed E-state index contributed by atoms with van der Waals surface area (Å²) in [5.74, 6) is 0.0965. The lowest BCUT2D eigenvalue weighted by Gasteiger charge is -2.41.